The Balaban J connectivity index is 1.97. The quantitative estimate of drug-likeness (QED) is 0.817. The van der Waals surface area contributed by atoms with Gasteiger partial charge in [0.25, 0.3) is 0 Å². The van der Waals surface area contributed by atoms with Crippen molar-refractivity contribution in [3.05, 3.63) is 17.7 Å². The number of hydrogen-bond acceptors (Lipinski definition) is 4. The summed E-state index contributed by atoms with van der Waals surface area (Å²) < 4.78 is 16.1. The molecular formula is C20H31NO4. The highest BCUT2D eigenvalue weighted by atomic mass is 16.5. The lowest BCUT2D eigenvalue weighted by Gasteiger charge is -2.34. The van der Waals surface area contributed by atoms with Crippen molar-refractivity contribution in [1.82, 2.24) is 5.32 Å². The van der Waals surface area contributed by atoms with E-state index in [1.54, 1.807) is 21.3 Å². The topological polar surface area (TPSA) is 56.8 Å². The van der Waals surface area contributed by atoms with Crippen molar-refractivity contribution in [3.8, 4) is 17.2 Å². The van der Waals surface area contributed by atoms with Gasteiger partial charge in [0.05, 0.1) is 21.3 Å². The average molecular weight is 349 g/mol. The van der Waals surface area contributed by atoms with Gasteiger partial charge >= 0.3 is 0 Å². The molecule has 1 amide bonds. The van der Waals surface area contributed by atoms with Gasteiger partial charge in [-0.3, -0.25) is 4.79 Å². The van der Waals surface area contributed by atoms with E-state index in [1.807, 2.05) is 12.1 Å². The second-order valence-electron chi connectivity index (χ2n) is 6.97. The first-order chi connectivity index (χ1) is 12.0. The van der Waals surface area contributed by atoms with Crippen LogP contribution < -0.4 is 19.5 Å². The van der Waals surface area contributed by atoms with E-state index in [0.29, 0.717) is 48.0 Å². The van der Waals surface area contributed by atoms with Gasteiger partial charge in [0.15, 0.2) is 11.5 Å². The van der Waals surface area contributed by atoms with E-state index in [1.165, 1.54) is 12.8 Å². The van der Waals surface area contributed by atoms with Gasteiger partial charge in [-0.05, 0) is 42.4 Å². The Bertz CT molecular complexity index is 562. The number of carbonyl (C=O) groups excluding carboxylic acids is 1. The highest BCUT2D eigenvalue weighted by Gasteiger charge is 2.28. The third-order valence-electron chi connectivity index (χ3n) is 5.42. The largest absolute Gasteiger partial charge is 0.493 e. The van der Waals surface area contributed by atoms with Crippen molar-refractivity contribution in [2.45, 2.75) is 52.0 Å². The van der Waals surface area contributed by atoms with Gasteiger partial charge in [0.2, 0.25) is 11.7 Å². The highest BCUT2D eigenvalue weighted by Crippen LogP contribution is 2.38. The molecule has 0 saturated heterocycles. The molecule has 140 valence electrons. The minimum absolute atomic E-state index is 0.111. The molecule has 1 aromatic rings. The van der Waals surface area contributed by atoms with Crippen LogP contribution in [0, 0.1) is 11.8 Å². The molecule has 0 heterocycles. The molecule has 0 radical (unpaired) electrons. The fourth-order valence-corrected chi connectivity index (χ4v) is 3.60. The van der Waals surface area contributed by atoms with Crippen LogP contribution in [-0.2, 0) is 11.2 Å². The zero-order chi connectivity index (χ0) is 18.4. The summed E-state index contributed by atoms with van der Waals surface area (Å²) in [7, 11) is 4.78. The average Bonchev–Trinajstić information content (AvgIpc) is 2.62. The number of hydrogen-bond donors (Lipinski definition) is 1. The number of amides is 1. The molecule has 1 saturated carbocycles. The fraction of sp³-hybridized carbons (Fsp3) is 0.650. The zero-order valence-corrected chi connectivity index (χ0v) is 16.1. The maximum atomic E-state index is 12.4. The first kappa shape index (κ1) is 19.4. The van der Waals surface area contributed by atoms with Crippen molar-refractivity contribution < 1.29 is 19.0 Å². The first-order valence-electron chi connectivity index (χ1n) is 9.08. The predicted molar refractivity (Wildman–Crippen MR) is 98.5 cm³/mol. The van der Waals surface area contributed by atoms with E-state index >= 15 is 0 Å². The molecule has 1 aliphatic carbocycles. The molecule has 3 unspecified atom stereocenters. The second-order valence-corrected chi connectivity index (χ2v) is 6.97. The summed E-state index contributed by atoms with van der Waals surface area (Å²) >= 11 is 0. The maximum absolute atomic E-state index is 12.4. The van der Waals surface area contributed by atoms with Gasteiger partial charge in [0, 0.05) is 12.5 Å². The van der Waals surface area contributed by atoms with Crippen LogP contribution in [-0.4, -0.2) is 33.3 Å². The molecule has 5 nitrogen and oxygen atoms in total. The summed E-state index contributed by atoms with van der Waals surface area (Å²) in [6.07, 6.45) is 4.64. The van der Waals surface area contributed by atoms with Gasteiger partial charge in [0.1, 0.15) is 0 Å². The van der Waals surface area contributed by atoms with Crippen LogP contribution in [0.2, 0.25) is 0 Å². The highest BCUT2D eigenvalue weighted by molar-refractivity contribution is 5.76. The predicted octanol–water partition coefficient (Wildman–Crippen LogP) is 3.59. The Morgan fingerprint density at radius 3 is 2.28 bits per heavy atom. The Kier molecular flexibility index (Phi) is 6.97. The summed E-state index contributed by atoms with van der Waals surface area (Å²) in [6.45, 7) is 4.52. The van der Waals surface area contributed by atoms with Crippen LogP contribution in [0.3, 0.4) is 0 Å². The van der Waals surface area contributed by atoms with E-state index in [0.717, 1.165) is 12.0 Å². The second kappa shape index (κ2) is 8.97. The van der Waals surface area contributed by atoms with Crippen LogP contribution in [0.5, 0.6) is 17.2 Å². The van der Waals surface area contributed by atoms with Gasteiger partial charge in [-0.1, -0.05) is 26.7 Å². The minimum Gasteiger partial charge on any atom is -0.493 e. The summed E-state index contributed by atoms with van der Waals surface area (Å²) in [6, 6.07) is 4.11. The number of aryl methyl sites for hydroxylation is 1. The van der Waals surface area contributed by atoms with Crippen LogP contribution in [0.25, 0.3) is 0 Å². The first-order valence-corrected chi connectivity index (χ1v) is 9.08. The van der Waals surface area contributed by atoms with Gasteiger partial charge in [-0.15, -0.1) is 0 Å². The minimum atomic E-state index is 0.111. The molecule has 1 fully saturated rings. The van der Waals surface area contributed by atoms with Crippen LogP contribution in [0.1, 0.15) is 45.1 Å². The molecule has 2 rings (SSSR count). The van der Waals surface area contributed by atoms with Crippen molar-refractivity contribution in [3.63, 3.8) is 0 Å². The number of nitrogens with one attached hydrogen (secondary N) is 1. The number of methoxy groups -OCH3 is 3. The lowest BCUT2D eigenvalue weighted by Crippen LogP contribution is -2.43. The van der Waals surface area contributed by atoms with E-state index in [4.69, 9.17) is 14.2 Å². The molecular weight excluding hydrogens is 318 g/mol. The van der Waals surface area contributed by atoms with Gasteiger partial charge < -0.3 is 19.5 Å². The van der Waals surface area contributed by atoms with E-state index < -0.39 is 0 Å². The van der Waals surface area contributed by atoms with Crippen LogP contribution >= 0.6 is 0 Å². The number of rotatable bonds is 7. The molecule has 0 aromatic heterocycles. The summed E-state index contributed by atoms with van der Waals surface area (Å²) in [5.41, 5.74) is 0.995. The lowest BCUT2D eigenvalue weighted by molar-refractivity contribution is -0.122. The molecule has 3 atom stereocenters. The molecule has 0 spiro atoms. The number of benzene rings is 1. The Morgan fingerprint density at radius 2 is 1.72 bits per heavy atom. The lowest BCUT2D eigenvalue weighted by atomic mass is 9.78. The standard InChI is InChI=1S/C20H31NO4/c1-13-7-6-8-16(14(13)2)21-19(22)10-9-15-11-17(23-3)20(25-5)18(12-15)24-4/h11-14,16H,6-10H2,1-5H3,(H,21,22). The summed E-state index contributed by atoms with van der Waals surface area (Å²) in [5.74, 6) is 3.13. The zero-order valence-electron chi connectivity index (χ0n) is 16.1. The number of carbonyl (C=O) groups is 1. The Morgan fingerprint density at radius 1 is 1.08 bits per heavy atom. The fourth-order valence-electron chi connectivity index (χ4n) is 3.60. The normalized spacial score (nSPS) is 23.0. The molecule has 1 aromatic carbocycles. The van der Waals surface area contributed by atoms with Crippen LogP contribution in [0.15, 0.2) is 12.1 Å². The molecule has 0 aliphatic heterocycles. The third-order valence-corrected chi connectivity index (χ3v) is 5.42. The van der Waals surface area contributed by atoms with Crippen molar-refractivity contribution in [2.75, 3.05) is 21.3 Å². The smallest absolute Gasteiger partial charge is 0.220 e. The van der Waals surface area contributed by atoms with Crippen molar-refractivity contribution >= 4 is 5.91 Å². The van der Waals surface area contributed by atoms with Crippen LogP contribution in [0.4, 0.5) is 0 Å². The Hall–Kier alpha value is -1.91. The maximum Gasteiger partial charge on any atom is 0.220 e. The monoisotopic (exact) mass is 349 g/mol. The van der Waals surface area contributed by atoms with Crippen molar-refractivity contribution in [2.24, 2.45) is 11.8 Å². The molecule has 25 heavy (non-hydrogen) atoms. The molecule has 5 heteroatoms. The summed E-state index contributed by atoms with van der Waals surface area (Å²) in [4.78, 5) is 12.4. The summed E-state index contributed by atoms with van der Waals surface area (Å²) in [5, 5.41) is 3.22. The van der Waals surface area contributed by atoms with Crippen molar-refractivity contribution in [1.29, 1.82) is 0 Å². The van der Waals surface area contributed by atoms with E-state index in [2.05, 4.69) is 19.2 Å². The molecule has 1 N–H and O–H groups in total. The van der Waals surface area contributed by atoms with Gasteiger partial charge in [-0.2, -0.15) is 0 Å². The SMILES string of the molecule is COc1cc(CCC(=O)NC2CCCC(C)C2C)cc(OC)c1OC. The Labute approximate surface area is 151 Å². The number of ether oxygens (including phenoxy) is 3. The van der Waals surface area contributed by atoms with Gasteiger partial charge in [-0.25, -0.2) is 0 Å². The molecule has 0 bridgehead atoms. The third kappa shape index (κ3) is 4.80. The van der Waals surface area contributed by atoms with E-state index in [9.17, 15) is 4.79 Å². The van der Waals surface area contributed by atoms with E-state index in [-0.39, 0.29) is 5.91 Å². The molecule has 1 aliphatic rings.